The van der Waals surface area contributed by atoms with Gasteiger partial charge in [-0.25, -0.2) is 0 Å². The Morgan fingerprint density at radius 2 is 1.66 bits per heavy atom. The molecule has 0 spiro atoms. The summed E-state index contributed by atoms with van der Waals surface area (Å²) in [7, 11) is 0. The number of carbonyl (C=O) groups is 3. The molecule has 4 rings (SSSR count). The summed E-state index contributed by atoms with van der Waals surface area (Å²) in [6.45, 7) is 4.15. The summed E-state index contributed by atoms with van der Waals surface area (Å²) in [5.74, 6) is -0.861. The Balaban J connectivity index is 1.08. The number of nitrogens with zero attached hydrogens (tertiary/aromatic N) is 1. The quantitative estimate of drug-likeness (QED) is 0.333. The van der Waals surface area contributed by atoms with Gasteiger partial charge in [0.2, 0.25) is 11.8 Å². The van der Waals surface area contributed by atoms with Crippen LogP contribution in [0.3, 0.4) is 0 Å². The van der Waals surface area contributed by atoms with Gasteiger partial charge in [0.1, 0.15) is 6.04 Å². The number of rotatable bonds is 13. The van der Waals surface area contributed by atoms with E-state index in [0.717, 1.165) is 16.8 Å². The van der Waals surface area contributed by atoms with Crippen LogP contribution in [0.25, 0.3) is 0 Å². The van der Waals surface area contributed by atoms with E-state index >= 15 is 0 Å². The van der Waals surface area contributed by atoms with Crippen LogP contribution in [0.2, 0.25) is 0 Å². The van der Waals surface area contributed by atoms with Crippen molar-refractivity contribution in [1.82, 2.24) is 10.2 Å². The van der Waals surface area contributed by atoms with Gasteiger partial charge in [0.05, 0.1) is 39.6 Å². The van der Waals surface area contributed by atoms with Gasteiger partial charge in [0.25, 0.3) is 5.91 Å². The molecule has 1 fully saturated rings. The minimum Gasteiger partial charge on any atom is -0.383 e. The maximum Gasteiger partial charge on any atom is 0.255 e. The highest BCUT2D eigenvalue weighted by Gasteiger charge is 2.39. The third kappa shape index (κ3) is 6.88. The first kappa shape index (κ1) is 24.8. The van der Waals surface area contributed by atoms with E-state index in [1.165, 1.54) is 0 Å². The summed E-state index contributed by atoms with van der Waals surface area (Å²) in [6.07, 6.45) is 0.605. The van der Waals surface area contributed by atoms with Crippen LogP contribution >= 0.6 is 0 Å². The third-order valence-corrected chi connectivity index (χ3v) is 5.95. The van der Waals surface area contributed by atoms with E-state index in [0.29, 0.717) is 64.7 Å². The molecule has 3 amide bonds. The van der Waals surface area contributed by atoms with Gasteiger partial charge >= 0.3 is 0 Å². The van der Waals surface area contributed by atoms with Gasteiger partial charge in [0.15, 0.2) is 0 Å². The van der Waals surface area contributed by atoms with Gasteiger partial charge in [-0.3, -0.25) is 19.7 Å². The molecule has 2 aliphatic rings. The minimum atomic E-state index is -0.602. The van der Waals surface area contributed by atoms with E-state index in [1.807, 2.05) is 42.5 Å². The first-order valence-corrected chi connectivity index (χ1v) is 11.9. The molecule has 35 heavy (non-hydrogen) atoms. The average molecular weight is 482 g/mol. The monoisotopic (exact) mass is 481 g/mol. The number of fused-ring (bicyclic) bond motifs is 1. The molecular weight excluding hydrogens is 450 g/mol. The number of hydrogen-bond acceptors (Lipinski definition) is 7. The lowest BCUT2D eigenvalue weighted by Crippen LogP contribution is -2.52. The molecule has 0 radical (unpaired) electrons. The van der Waals surface area contributed by atoms with E-state index in [9.17, 15) is 14.4 Å². The maximum atomic E-state index is 12.7. The number of nitrogens with one attached hydrogen (secondary N) is 2. The van der Waals surface area contributed by atoms with Crippen molar-refractivity contribution < 1.29 is 28.6 Å². The van der Waals surface area contributed by atoms with Crippen LogP contribution in [0, 0.1) is 0 Å². The molecule has 1 unspecified atom stereocenters. The van der Waals surface area contributed by atoms with Crippen molar-refractivity contribution in [3.8, 4) is 0 Å². The van der Waals surface area contributed by atoms with Crippen LogP contribution in [-0.2, 0) is 37.0 Å². The number of imide groups is 1. The summed E-state index contributed by atoms with van der Waals surface area (Å²) < 4.78 is 16.7. The zero-order chi connectivity index (χ0) is 24.5. The molecule has 1 saturated heterocycles. The second-order valence-corrected chi connectivity index (χ2v) is 8.46. The number of anilines is 1. The number of ether oxygens (including phenoxy) is 3. The maximum absolute atomic E-state index is 12.7. The molecule has 9 nitrogen and oxygen atoms in total. The molecule has 1 atom stereocenters. The number of hydrogen-bond donors (Lipinski definition) is 2. The minimum absolute atomic E-state index is 0.171. The molecule has 2 aromatic carbocycles. The van der Waals surface area contributed by atoms with Crippen molar-refractivity contribution >= 4 is 23.4 Å². The normalized spacial score (nSPS) is 17.4. The summed E-state index contributed by atoms with van der Waals surface area (Å²) in [6, 6.07) is 15.0. The fourth-order valence-corrected chi connectivity index (χ4v) is 4.16. The van der Waals surface area contributed by atoms with Gasteiger partial charge in [-0.05, 0) is 35.7 Å². The fourth-order valence-electron chi connectivity index (χ4n) is 4.16. The Kier molecular flexibility index (Phi) is 8.83. The van der Waals surface area contributed by atoms with Crippen molar-refractivity contribution in [2.45, 2.75) is 32.0 Å². The zero-order valence-corrected chi connectivity index (χ0v) is 19.7. The predicted molar refractivity (Wildman–Crippen MR) is 129 cm³/mol. The van der Waals surface area contributed by atoms with Gasteiger partial charge in [-0.2, -0.15) is 0 Å². The average Bonchev–Trinajstić information content (AvgIpc) is 3.18. The molecule has 9 heteroatoms. The van der Waals surface area contributed by atoms with Crippen molar-refractivity contribution in [3.05, 3.63) is 65.2 Å². The topological polar surface area (TPSA) is 106 Å². The van der Waals surface area contributed by atoms with Crippen LogP contribution in [0.1, 0.15) is 34.3 Å². The lowest BCUT2D eigenvalue weighted by atomic mass is 10.0. The second kappa shape index (κ2) is 12.4. The first-order valence-electron chi connectivity index (χ1n) is 11.9. The van der Waals surface area contributed by atoms with Gasteiger partial charge in [-0.15, -0.1) is 0 Å². The largest absolute Gasteiger partial charge is 0.383 e. The smallest absolute Gasteiger partial charge is 0.255 e. The molecule has 0 saturated carbocycles. The zero-order valence-electron chi connectivity index (χ0n) is 19.7. The molecule has 2 heterocycles. The number of carbonyl (C=O) groups excluding carboxylic acids is 3. The lowest BCUT2D eigenvalue weighted by Gasteiger charge is -2.29. The van der Waals surface area contributed by atoms with Crippen molar-refractivity contribution in [2.24, 2.45) is 0 Å². The van der Waals surface area contributed by atoms with Gasteiger partial charge < -0.3 is 24.4 Å². The Morgan fingerprint density at radius 3 is 2.43 bits per heavy atom. The highest BCUT2D eigenvalue weighted by Crippen LogP contribution is 2.29. The van der Waals surface area contributed by atoms with Crippen molar-refractivity contribution in [1.29, 1.82) is 0 Å². The Morgan fingerprint density at radius 1 is 0.914 bits per heavy atom. The highest BCUT2D eigenvalue weighted by molar-refractivity contribution is 6.05. The molecule has 2 aromatic rings. The molecular formula is C26H31N3O6. The first-order chi connectivity index (χ1) is 17.1. The molecule has 0 aromatic heterocycles. The van der Waals surface area contributed by atoms with Crippen LogP contribution in [0.4, 0.5) is 5.69 Å². The van der Waals surface area contributed by atoms with Gasteiger partial charge in [-0.1, -0.05) is 30.3 Å². The van der Waals surface area contributed by atoms with Crippen molar-refractivity contribution in [2.75, 3.05) is 44.9 Å². The van der Waals surface area contributed by atoms with E-state index < -0.39 is 11.9 Å². The molecule has 0 bridgehead atoms. The summed E-state index contributed by atoms with van der Waals surface area (Å²) >= 11 is 0. The summed E-state index contributed by atoms with van der Waals surface area (Å²) in [5.41, 5.74) is 3.50. The summed E-state index contributed by atoms with van der Waals surface area (Å²) in [5, 5.41) is 5.61. The lowest BCUT2D eigenvalue weighted by molar-refractivity contribution is -0.136. The number of benzene rings is 2. The molecule has 2 N–H and O–H groups in total. The number of piperidine rings is 1. The van der Waals surface area contributed by atoms with Crippen LogP contribution in [0.15, 0.2) is 48.5 Å². The Hall–Kier alpha value is -3.27. The number of amides is 3. The van der Waals surface area contributed by atoms with E-state index in [-0.39, 0.29) is 18.2 Å². The third-order valence-electron chi connectivity index (χ3n) is 5.95. The Bertz CT molecular complexity index is 1030. The second-order valence-electron chi connectivity index (χ2n) is 8.46. The van der Waals surface area contributed by atoms with Crippen LogP contribution < -0.4 is 10.6 Å². The Labute approximate surface area is 204 Å². The fraction of sp³-hybridized carbons (Fsp3) is 0.423. The van der Waals surface area contributed by atoms with Crippen LogP contribution in [-0.4, -0.2) is 68.2 Å². The van der Waals surface area contributed by atoms with Gasteiger partial charge in [0, 0.05) is 30.8 Å². The van der Waals surface area contributed by atoms with Crippen LogP contribution in [0.5, 0.6) is 0 Å². The highest BCUT2D eigenvalue weighted by atomic mass is 16.5. The predicted octanol–water partition coefficient (Wildman–Crippen LogP) is 2.11. The molecule has 0 aliphatic carbocycles. The molecule has 186 valence electrons. The standard InChI is InChI=1S/C26H31N3O6/c30-24-9-8-23(25(31)28-24)29-17-20-16-21(6-7-22(20)26(29)32)27-10-11-33-12-13-34-14-15-35-18-19-4-2-1-3-5-19/h1-7,16,23,27H,8-15,17-18H2,(H,28,30,31). The summed E-state index contributed by atoms with van der Waals surface area (Å²) in [4.78, 5) is 37.8. The van der Waals surface area contributed by atoms with Crippen molar-refractivity contribution in [3.63, 3.8) is 0 Å². The van der Waals surface area contributed by atoms with E-state index in [4.69, 9.17) is 14.2 Å². The SMILES string of the molecule is O=C1CCC(N2Cc3cc(NCCOCCOCCOCc4ccccc4)ccc3C2=O)C(=O)N1. The van der Waals surface area contributed by atoms with E-state index in [2.05, 4.69) is 10.6 Å². The van der Waals surface area contributed by atoms with E-state index in [1.54, 1.807) is 11.0 Å². The molecule has 2 aliphatic heterocycles.